The Balaban J connectivity index is 1.78. The second-order valence-electron chi connectivity index (χ2n) is 7.46. The second kappa shape index (κ2) is 8.93. The first-order valence-corrected chi connectivity index (χ1v) is 11.2. The predicted molar refractivity (Wildman–Crippen MR) is 112 cm³/mol. The van der Waals surface area contributed by atoms with Crippen LogP contribution in [0.1, 0.15) is 26.7 Å². The van der Waals surface area contributed by atoms with Gasteiger partial charge in [0, 0.05) is 24.3 Å². The number of nitrogens with zero attached hydrogens (tertiary/aromatic N) is 1. The number of sulfonamides is 1. The van der Waals surface area contributed by atoms with Crippen LogP contribution in [0.4, 0.5) is 15.8 Å². The monoisotopic (exact) mass is 433 g/mol. The van der Waals surface area contributed by atoms with Crippen LogP contribution < -0.4 is 14.9 Å². The Morgan fingerprint density at radius 3 is 2.50 bits per heavy atom. The summed E-state index contributed by atoms with van der Waals surface area (Å²) in [7, 11) is -4.24. The van der Waals surface area contributed by atoms with Crippen molar-refractivity contribution in [2.24, 2.45) is 5.92 Å². The number of carbonyl (C=O) groups excluding carboxylic acids is 2. The van der Waals surface area contributed by atoms with Crippen molar-refractivity contribution in [2.75, 3.05) is 16.8 Å². The van der Waals surface area contributed by atoms with Crippen LogP contribution in [0, 0.1) is 11.7 Å². The van der Waals surface area contributed by atoms with Gasteiger partial charge in [0.1, 0.15) is 16.8 Å². The van der Waals surface area contributed by atoms with Crippen LogP contribution in [0.3, 0.4) is 0 Å². The molecule has 1 saturated heterocycles. The first-order valence-electron chi connectivity index (χ1n) is 9.67. The van der Waals surface area contributed by atoms with E-state index < -0.39 is 38.6 Å². The molecule has 1 fully saturated rings. The maximum Gasteiger partial charge on any atom is 0.244 e. The first-order chi connectivity index (χ1) is 14.2. The molecule has 30 heavy (non-hydrogen) atoms. The largest absolute Gasteiger partial charge is 0.325 e. The fraction of sp³-hybridized carbons (Fsp3) is 0.333. The summed E-state index contributed by atoms with van der Waals surface area (Å²) in [4.78, 5) is 25.9. The highest BCUT2D eigenvalue weighted by atomic mass is 32.2. The Hall–Kier alpha value is -2.78. The molecule has 2 N–H and O–H groups in total. The molecule has 2 aromatic rings. The van der Waals surface area contributed by atoms with E-state index in [9.17, 15) is 22.4 Å². The molecule has 160 valence electrons. The molecule has 9 heteroatoms. The van der Waals surface area contributed by atoms with Crippen molar-refractivity contribution < 1.29 is 22.4 Å². The molecule has 0 aliphatic carbocycles. The van der Waals surface area contributed by atoms with Crippen molar-refractivity contribution in [1.82, 2.24) is 4.72 Å². The summed E-state index contributed by atoms with van der Waals surface area (Å²) in [5.74, 6) is -1.84. The molecule has 2 amide bonds. The third kappa shape index (κ3) is 4.85. The molecule has 1 aliphatic rings. The number of benzene rings is 2. The van der Waals surface area contributed by atoms with E-state index in [-0.39, 0.29) is 5.91 Å². The molecule has 2 aromatic carbocycles. The molecule has 0 saturated carbocycles. The molecule has 1 aliphatic heterocycles. The molecular formula is C21H24FN3O4S. The van der Waals surface area contributed by atoms with Crippen LogP contribution in [0.5, 0.6) is 0 Å². The van der Waals surface area contributed by atoms with Crippen molar-refractivity contribution in [1.29, 1.82) is 0 Å². The van der Waals surface area contributed by atoms with E-state index in [0.29, 0.717) is 24.3 Å². The predicted octanol–water partition coefficient (Wildman–Crippen LogP) is 2.89. The van der Waals surface area contributed by atoms with E-state index in [1.807, 2.05) is 0 Å². The van der Waals surface area contributed by atoms with Crippen LogP contribution >= 0.6 is 0 Å². The van der Waals surface area contributed by atoms with Gasteiger partial charge in [-0.3, -0.25) is 9.59 Å². The highest BCUT2D eigenvalue weighted by molar-refractivity contribution is 7.89. The van der Waals surface area contributed by atoms with Gasteiger partial charge in [-0.1, -0.05) is 32.0 Å². The minimum absolute atomic E-state index is 0.0242. The lowest BCUT2D eigenvalue weighted by atomic mass is 10.0. The molecular weight excluding hydrogens is 409 g/mol. The fourth-order valence-corrected chi connectivity index (χ4v) is 4.70. The molecule has 0 bridgehead atoms. The van der Waals surface area contributed by atoms with E-state index in [4.69, 9.17) is 0 Å². The number of amides is 2. The summed E-state index contributed by atoms with van der Waals surface area (Å²) >= 11 is 0. The average Bonchev–Trinajstić information content (AvgIpc) is 3.12. The Kier molecular flexibility index (Phi) is 6.52. The smallest absolute Gasteiger partial charge is 0.244 e. The van der Waals surface area contributed by atoms with Gasteiger partial charge in [-0.15, -0.1) is 0 Å². The quantitative estimate of drug-likeness (QED) is 0.702. The number of nitrogens with one attached hydrogen (secondary N) is 2. The van der Waals surface area contributed by atoms with Gasteiger partial charge in [-0.2, -0.15) is 4.72 Å². The lowest BCUT2D eigenvalue weighted by Crippen LogP contribution is -2.47. The second-order valence-corrected chi connectivity index (χ2v) is 9.14. The zero-order valence-corrected chi connectivity index (χ0v) is 17.6. The lowest BCUT2D eigenvalue weighted by molar-refractivity contribution is -0.118. The van der Waals surface area contributed by atoms with Gasteiger partial charge in [0.15, 0.2) is 0 Å². The van der Waals surface area contributed by atoms with E-state index in [0.717, 1.165) is 18.6 Å². The number of anilines is 2. The normalized spacial score (nSPS) is 15.5. The molecule has 0 radical (unpaired) electrons. The zero-order valence-electron chi connectivity index (χ0n) is 16.8. The van der Waals surface area contributed by atoms with E-state index in [1.54, 1.807) is 43.0 Å². The number of hydrogen-bond donors (Lipinski definition) is 2. The van der Waals surface area contributed by atoms with Gasteiger partial charge in [-0.25, -0.2) is 12.8 Å². The maximum atomic E-state index is 14.0. The van der Waals surface area contributed by atoms with Gasteiger partial charge < -0.3 is 10.2 Å². The molecule has 0 aromatic heterocycles. The molecule has 1 heterocycles. The third-order valence-corrected chi connectivity index (χ3v) is 6.33. The highest BCUT2D eigenvalue weighted by Crippen LogP contribution is 2.24. The third-order valence-electron chi connectivity index (χ3n) is 4.86. The standard InChI is InChI=1S/C21H24FN3O4S/c1-14(2)20(24-30(28,29)18-10-4-3-9-17(18)22)21(27)23-15-7-5-8-16(13-15)25-12-6-11-19(25)26/h3-5,7-10,13-14,20,24H,6,11-12H2,1-2H3,(H,23,27)/t20-/m0/s1. The first kappa shape index (κ1) is 21.9. The molecule has 7 nitrogen and oxygen atoms in total. The number of halogens is 1. The Labute approximate surface area is 175 Å². The van der Waals surface area contributed by atoms with Gasteiger partial charge in [0.25, 0.3) is 0 Å². The summed E-state index contributed by atoms with van der Waals surface area (Å²) in [5, 5.41) is 2.69. The lowest BCUT2D eigenvalue weighted by Gasteiger charge is -2.22. The number of hydrogen-bond acceptors (Lipinski definition) is 4. The maximum absolute atomic E-state index is 14.0. The minimum Gasteiger partial charge on any atom is -0.325 e. The summed E-state index contributed by atoms with van der Waals surface area (Å²) in [6, 6.07) is 10.7. The van der Waals surface area contributed by atoms with E-state index >= 15 is 0 Å². The Morgan fingerprint density at radius 2 is 1.87 bits per heavy atom. The summed E-state index contributed by atoms with van der Waals surface area (Å²) < 4.78 is 41.5. The Morgan fingerprint density at radius 1 is 1.13 bits per heavy atom. The van der Waals surface area contributed by atoms with E-state index in [1.165, 1.54) is 12.1 Å². The van der Waals surface area contributed by atoms with Crippen LogP contribution in [-0.2, 0) is 19.6 Å². The van der Waals surface area contributed by atoms with Crippen molar-refractivity contribution in [3.63, 3.8) is 0 Å². The van der Waals surface area contributed by atoms with Crippen LogP contribution in [0.2, 0.25) is 0 Å². The zero-order chi connectivity index (χ0) is 21.9. The fourth-order valence-electron chi connectivity index (χ4n) is 3.28. The number of carbonyl (C=O) groups is 2. The van der Waals surface area contributed by atoms with Crippen molar-refractivity contribution in [3.8, 4) is 0 Å². The Bertz CT molecular complexity index is 1060. The summed E-state index contributed by atoms with van der Waals surface area (Å²) in [6.07, 6.45) is 1.27. The van der Waals surface area contributed by atoms with Gasteiger partial charge in [0.05, 0.1) is 0 Å². The van der Waals surface area contributed by atoms with Crippen LogP contribution in [-0.4, -0.2) is 32.8 Å². The van der Waals surface area contributed by atoms with Crippen molar-refractivity contribution >= 4 is 33.2 Å². The minimum atomic E-state index is -4.24. The SMILES string of the molecule is CC(C)[C@H](NS(=O)(=O)c1ccccc1F)C(=O)Nc1cccc(N2CCCC2=O)c1. The van der Waals surface area contributed by atoms with Crippen LogP contribution in [0.15, 0.2) is 53.4 Å². The molecule has 0 spiro atoms. The van der Waals surface area contributed by atoms with Gasteiger partial charge in [-0.05, 0) is 42.7 Å². The average molecular weight is 434 g/mol. The van der Waals surface area contributed by atoms with Gasteiger partial charge in [0.2, 0.25) is 21.8 Å². The number of rotatable bonds is 7. The molecule has 3 rings (SSSR count). The van der Waals surface area contributed by atoms with Crippen LogP contribution in [0.25, 0.3) is 0 Å². The van der Waals surface area contributed by atoms with Crippen molar-refractivity contribution in [2.45, 2.75) is 37.6 Å². The highest BCUT2D eigenvalue weighted by Gasteiger charge is 2.30. The van der Waals surface area contributed by atoms with E-state index in [2.05, 4.69) is 10.0 Å². The summed E-state index contributed by atoms with van der Waals surface area (Å²) in [6.45, 7) is 3.99. The molecule has 0 unspecified atom stereocenters. The summed E-state index contributed by atoms with van der Waals surface area (Å²) in [5.41, 5.74) is 1.11. The van der Waals surface area contributed by atoms with Gasteiger partial charge >= 0.3 is 0 Å². The topological polar surface area (TPSA) is 95.6 Å². The molecule has 1 atom stereocenters. The van der Waals surface area contributed by atoms with Crippen molar-refractivity contribution in [3.05, 3.63) is 54.3 Å².